The number of aromatic hydroxyl groups is 1. The fraction of sp³-hybridized carbons (Fsp3) is 0.412. The molecule has 2 atom stereocenters. The molecule has 3 aromatic heterocycles. The minimum atomic E-state index is -0.244. The normalized spacial score (nSPS) is 17.8. The highest BCUT2D eigenvalue weighted by Crippen LogP contribution is 2.46. The summed E-state index contributed by atoms with van der Waals surface area (Å²) in [5, 5.41) is 22.3. The first kappa shape index (κ1) is 28.7. The van der Waals surface area contributed by atoms with Gasteiger partial charge in [0.15, 0.2) is 0 Å². The van der Waals surface area contributed by atoms with Crippen LogP contribution in [0.3, 0.4) is 0 Å². The minimum Gasteiger partial charge on any atom is -0.493 e. The molecule has 2 aromatic carbocycles. The number of hydrogen-bond donors (Lipinski definition) is 1. The first-order chi connectivity index (χ1) is 21.3. The second-order valence-electron chi connectivity index (χ2n) is 12.1. The lowest BCUT2D eigenvalue weighted by Crippen LogP contribution is -2.32. The molecule has 4 heterocycles. The Morgan fingerprint density at radius 2 is 2.07 bits per heavy atom. The lowest BCUT2D eigenvalue weighted by molar-refractivity contribution is -0.140. The summed E-state index contributed by atoms with van der Waals surface area (Å²) in [6.07, 6.45) is 3.42. The third kappa shape index (κ3) is 5.30. The van der Waals surface area contributed by atoms with Crippen molar-refractivity contribution in [2.24, 2.45) is 7.05 Å². The number of benzene rings is 2. The van der Waals surface area contributed by atoms with Gasteiger partial charge in [0.25, 0.3) is 0 Å². The number of rotatable bonds is 8. The van der Waals surface area contributed by atoms with E-state index < -0.39 is 0 Å². The van der Waals surface area contributed by atoms with Gasteiger partial charge in [0, 0.05) is 43.4 Å². The molecule has 44 heavy (non-hydrogen) atoms. The number of aromatic nitrogens is 4. The summed E-state index contributed by atoms with van der Waals surface area (Å²) in [5.41, 5.74) is 8.44. The molecule has 1 N–H and O–H groups in total. The molecule has 7 rings (SSSR count). The van der Waals surface area contributed by atoms with Crippen LogP contribution in [0.2, 0.25) is 0 Å². The molecule has 1 aliphatic carbocycles. The SMILES string of the molecule is CC[C@@H]1CN(Cc2cc([C@H](CC(=O)OC)c3cc(C4CC4)c4c(nnn4C)c3C)cc3ccsc23)Cc2nc(O)ccc2O1. The van der Waals surface area contributed by atoms with E-state index in [4.69, 9.17) is 9.47 Å². The van der Waals surface area contributed by atoms with Crippen LogP contribution in [0.25, 0.3) is 21.1 Å². The maximum absolute atomic E-state index is 12.9. The fourth-order valence-electron chi connectivity index (χ4n) is 6.69. The van der Waals surface area contributed by atoms with Crippen molar-refractivity contribution < 1.29 is 19.4 Å². The van der Waals surface area contributed by atoms with Gasteiger partial charge < -0.3 is 14.6 Å². The smallest absolute Gasteiger partial charge is 0.306 e. The van der Waals surface area contributed by atoms with Crippen LogP contribution in [-0.2, 0) is 29.7 Å². The minimum absolute atomic E-state index is 0.00319. The molecule has 0 bridgehead atoms. The number of nitrogens with zero attached hydrogens (tertiary/aromatic N) is 5. The van der Waals surface area contributed by atoms with Crippen LogP contribution in [0.5, 0.6) is 11.6 Å². The first-order valence-corrected chi connectivity index (χ1v) is 16.2. The maximum Gasteiger partial charge on any atom is 0.306 e. The Balaban J connectivity index is 1.33. The van der Waals surface area contributed by atoms with Gasteiger partial charge in [-0.1, -0.05) is 24.3 Å². The van der Waals surface area contributed by atoms with E-state index in [1.807, 2.05) is 17.8 Å². The molecule has 1 saturated carbocycles. The second kappa shape index (κ2) is 11.5. The Bertz CT molecular complexity index is 1880. The van der Waals surface area contributed by atoms with Gasteiger partial charge in [0.2, 0.25) is 5.88 Å². The summed E-state index contributed by atoms with van der Waals surface area (Å²) < 4.78 is 14.6. The van der Waals surface area contributed by atoms with E-state index in [0.717, 1.165) is 70.4 Å². The molecule has 2 aliphatic rings. The molecule has 0 saturated heterocycles. The van der Waals surface area contributed by atoms with E-state index >= 15 is 0 Å². The van der Waals surface area contributed by atoms with Crippen LogP contribution in [-0.4, -0.2) is 55.7 Å². The molecular formula is C34H37N5O4S. The van der Waals surface area contributed by atoms with Crippen LogP contribution in [0.4, 0.5) is 0 Å². The lowest BCUT2D eigenvalue weighted by Gasteiger charge is -2.25. The summed E-state index contributed by atoms with van der Waals surface area (Å²) in [6.45, 7) is 6.21. The quantitative estimate of drug-likeness (QED) is 0.203. The highest BCUT2D eigenvalue weighted by Gasteiger charge is 2.32. The molecule has 0 radical (unpaired) electrons. The van der Waals surface area contributed by atoms with Crippen LogP contribution in [0.15, 0.2) is 41.8 Å². The number of thiophene rings is 1. The van der Waals surface area contributed by atoms with E-state index in [0.29, 0.717) is 19.0 Å². The molecular weight excluding hydrogens is 574 g/mol. The number of methoxy groups -OCH3 is 1. The Kier molecular flexibility index (Phi) is 7.50. The first-order valence-electron chi connectivity index (χ1n) is 15.3. The van der Waals surface area contributed by atoms with Gasteiger partial charge in [-0.3, -0.25) is 9.69 Å². The van der Waals surface area contributed by atoms with E-state index in [1.165, 1.54) is 22.9 Å². The van der Waals surface area contributed by atoms with Gasteiger partial charge in [-0.2, -0.15) is 0 Å². The highest BCUT2D eigenvalue weighted by molar-refractivity contribution is 7.17. The van der Waals surface area contributed by atoms with E-state index in [-0.39, 0.29) is 30.3 Å². The lowest BCUT2D eigenvalue weighted by atomic mass is 9.83. The highest BCUT2D eigenvalue weighted by atomic mass is 32.1. The van der Waals surface area contributed by atoms with Gasteiger partial charge in [0.05, 0.1) is 19.0 Å². The van der Waals surface area contributed by atoms with Crippen molar-refractivity contribution in [3.05, 3.63) is 75.3 Å². The number of hydrogen-bond acceptors (Lipinski definition) is 9. The van der Waals surface area contributed by atoms with Crippen LogP contribution < -0.4 is 4.74 Å². The van der Waals surface area contributed by atoms with E-state index in [1.54, 1.807) is 17.4 Å². The number of carbonyl (C=O) groups is 1. The predicted octanol–water partition coefficient (Wildman–Crippen LogP) is 6.34. The molecule has 1 aliphatic heterocycles. The molecule has 0 unspecified atom stereocenters. The molecule has 5 aromatic rings. The zero-order valence-electron chi connectivity index (χ0n) is 25.5. The van der Waals surface area contributed by atoms with Gasteiger partial charge in [-0.15, -0.1) is 16.4 Å². The molecule has 9 nitrogen and oxygen atoms in total. The number of esters is 1. The Labute approximate surface area is 260 Å². The van der Waals surface area contributed by atoms with Gasteiger partial charge in [-0.25, -0.2) is 9.67 Å². The third-order valence-corrected chi connectivity index (χ3v) is 10.1. The Morgan fingerprint density at radius 3 is 2.84 bits per heavy atom. The van der Waals surface area contributed by atoms with E-state index in [9.17, 15) is 9.90 Å². The average Bonchev–Trinajstić information content (AvgIpc) is 3.67. The van der Waals surface area contributed by atoms with Crippen molar-refractivity contribution in [2.45, 2.75) is 70.6 Å². The molecule has 10 heteroatoms. The third-order valence-electron chi connectivity index (χ3n) is 9.14. The zero-order valence-corrected chi connectivity index (χ0v) is 26.4. The monoisotopic (exact) mass is 611 g/mol. The number of ether oxygens (including phenoxy) is 2. The van der Waals surface area contributed by atoms with E-state index in [2.05, 4.69) is 63.7 Å². The zero-order chi connectivity index (χ0) is 30.5. The topological polar surface area (TPSA) is 103 Å². The number of fused-ring (bicyclic) bond motifs is 3. The van der Waals surface area contributed by atoms with Crippen LogP contribution in [0.1, 0.15) is 78.0 Å². The molecule has 228 valence electrons. The van der Waals surface area contributed by atoms with Gasteiger partial charge >= 0.3 is 5.97 Å². The van der Waals surface area contributed by atoms with Crippen LogP contribution in [0, 0.1) is 6.92 Å². The molecule has 0 amide bonds. The largest absolute Gasteiger partial charge is 0.493 e. The maximum atomic E-state index is 12.9. The van der Waals surface area contributed by atoms with Gasteiger partial charge in [-0.05, 0) is 88.9 Å². The van der Waals surface area contributed by atoms with Crippen LogP contribution >= 0.6 is 11.3 Å². The number of pyridine rings is 1. The summed E-state index contributed by atoms with van der Waals surface area (Å²) in [4.78, 5) is 19.7. The summed E-state index contributed by atoms with van der Waals surface area (Å²) in [7, 11) is 3.41. The van der Waals surface area contributed by atoms with Gasteiger partial charge in [0.1, 0.15) is 23.1 Å². The summed E-state index contributed by atoms with van der Waals surface area (Å²) in [5.74, 6) is 0.773. The van der Waals surface area contributed by atoms with Crippen molar-refractivity contribution in [2.75, 3.05) is 13.7 Å². The standard InChI is InChI=1S/C34H37N5O4S/c1-5-24-17-39(18-28-29(43-24)8-9-30(40)35-28)16-23-13-22(12-21-10-11-44-34(21)23)26(15-31(41)42-4)25-14-27(20-6-7-20)33-32(19(25)2)36-37-38(33)3/h8-14,20,24,26H,5-7,15-18H2,1-4H3,(H,35,40)/t24-,26+/m1/s1. The molecule has 0 spiro atoms. The van der Waals surface area contributed by atoms with Crippen molar-refractivity contribution >= 4 is 38.4 Å². The molecule has 1 fully saturated rings. The van der Waals surface area contributed by atoms with Crippen molar-refractivity contribution in [1.29, 1.82) is 0 Å². The second-order valence-corrected chi connectivity index (χ2v) is 13.1. The fourth-order valence-corrected chi connectivity index (χ4v) is 7.58. The Hall–Kier alpha value is -4.02. The Morgan fingerprint density at radius 1 is 1.23 bits per heavy atom. The van der Waals surface area contributed by atoms with Crippen molar-refractivity contribution in [3.63, 3.8) is 0 Å². The van der Waals surface area contributed by atoms with Crippen molar-refractivity contribution in [1.82, 2.24) is 24.9 Å². The van der Waals surface area contributed by atoms with Crippen molar-refractivity contribution in [3.8, 4) is 11.6 Å². The summed E-state index contributed by atoms with van der Waals surface area (Å²) >= 11 is 1.73. The number of aryl methyl sites for hydroxylation is 2. The average molecular weight is 612 g/mol. The predicted molar refractivity (Wildman–Crippen MR) is 170 cm³/mol. The number of carbonyl (C=O) groups excluding carboxylic acids is 1. The summed E-state index contributed by atoms with van der Waals surface area (Å²) in [6, 6.07) is 12.4.